The van der Waals surface area contributed by atoms with Gasteiger partial charge in [-0.2, -0.15) is 0 Å². The molecule has 0 aliphatic heterocycles. The van der Waals surface area contributed by atoms with Crippen molar-refractivity contribution < 1.29 is 10.2 Å². The maximum absolute atomic E-state index is 12.6. The van der Waals surface area contributed by atoms with Crippen molar-refractivity contribution in [1.29, 1.82) is 0 Å². The summed E-state index contributed by atoms with van der Waals surface area (Å²) in [6.45, 7) is 13.2. The lowest BCUT2D eigenvalue weighted by atomic mass is 9.42. The number of nitrogens with one attached hydrogen (secondary N) is 2. The van der Waals surface area contributed by atoms with Crippen LogP contribution >= 0.6 is 0 Å². The number of H-pyrrole nitrogens is 1. The van der Waals surface area contributed by atoms with Crippen molar-refractivity contribution in [3.8, 4) is 0 Å². The molecule has 1 aromatic carbocycles. The van der Waals surface area contributed by atoms with Crippen molar-refractivity contribution in [2.24, 2.45) is 46.3 Å². The minimum absolute atomic E-state index is 0.0405. The number of aliphatic hydroxyl groups excluding tert-OH is 1. The van der Waals surface area contributed by atoms with Gasteiger partial charge in [0.15, 0.2) is 0 Å². The number of aromatic amines is 1. The van der Waals surface area contributed by atoms with Gasteiger partial charge in [0.1, 0.15) is 0 Å². The van der Waals surface area contributed by atoms with E-state index in [1.807, 2.05) is 0 Å². The van der Waals surface area contributed by atoms with Crippen molar-refractivity contribution in [3.63, 3.8) is 0 Å². The van der Waals surface area contributed by atoms with Crippen LogP contribution in [0, 0.1) is 46.3 Å². The summed E-state index contributed by atoms with van der Waals surface area (Å²) >= 11 is 0. The largest absolute Gasteiger partial charge is 0.393 e. The Hall–Kier alpha value is -1.36. The number of aliphatic hydroxyl groups is 2. The van der Waals surface area contributed by atoms with Crippen LogP contribution in [-0.4, -0.2) is 39.5 Å². The number of hydrogen-bond acceptors (Lipinski definition) is 3. The molecule has 0 amide bonds. The molecule has 0 radical (unpaired) electrons. The first kappa shape index (κ1) is 29.7. The van der Waals surface area contributed by atoms with Crippen molar-refractivity contribution in [1.82, 2.24) is 10.3 Å². The first-order valence-corrected chi connectivity index (χ1v) is 17.3. The molecule has 228 valence electrons. The first-order chi connectivity index (χ1) is 19.6. The predicted molar refractivity (Wildman–Crippen MR) is 170 cm³/mol. The second-order valence-electron chi connectivity index (χ2n) is 16.0. The van der Waals surface area contributed by atoms with Gasteiger partial charge in [-0.3, -0.25) is 0 Å². The molecule has 1 aromatic heterocycles. The summed E-state index contributed by atoms with van der Waals surface area (Å²) < 4.78 is 0. The molecule has 4 saturated carbocycles. The molecular formula is C37H58N2O2. The van der Waals surface area contributed by atoms with Gasteiger partial charge in [0, 0.05) is 35.0 Å². The van der Waals surface area contributed by atoms with Gasteiger partial charge in [-0.1, -0.05) is 72.1 Å². The van der Waals surface area contributed by atoms with Crippen molar-refractivity contribution in [3.05, 3.63) is 36.0 Å². The van der Waals surface area contributed by atoms with Crippen LogP contribution < -0.4 is 5.32 Å². The van der Waals surface area contributed by atoms with Gasteiger partial charge >= 0.3 is 0 Å². The smallest absolute Gasteiger partial charge is 0.0880 e. The fourth-order valence-corrected chi connectivity index (χ4v) is 11.3. The summed E-state index contributed by atoms with van der Waals surface area (Å²) in [4.78, 5) is 3.43. The average Bonchev–Trinajstić information content (AvgIpc) is 3.50. The first-order valence-electron chi connectivity index (χ1n) is 17.3. The van der Waals surface area contributed by atoms with Crippen LogP contribution in [0.1, 0.15) is 111 Å². The van der Waals surface area contributed by atoms with Crippen LogP contribution in [0.25, 0.3) is 10.9 Å². The molecule has 0 bridgehead atoms. The Morgan fingerprint density at radius 3 is 2.61 bits per heavy atom. The Bertz CT molecular complexity index is 1190. The van der Waals surface area contributed by atoms with E-state index in [1.54, 1.807) is 0 Å². The highest BCUT2D eigenvalue weighted by atomic mass is 16.3. The standard InChI is InChI=1S/C37H58N2O2/c1-24(2)9-8-10-25(3)30-13-14-31-29-21-34(38-20-17-26-23-39-33-12-7-6-11-28(26)33)37(41)22-27(40)15-19-36(37,5)32(29)16-18-35(30,31)4/h6-7,11-12,23-25,27,29-32,34,38-41H,8-10,13-22H2,1-5H3/t25-,27+,29+,30-,31+,32+,34-,35-,36-,37+/m1/s1. The highest BCUT2D eigenvalue weighted by molar-refractivity contribution is 5.83. The van der Waals surface area contributed by atoms with E-state index in [1.165, 1.54) is 61.4 Å². The molecule has 4 heteroatoms. The lowest BCUT2D eigenvalue weighted by Gasteiger charge is -2.66. The van der Waals surface area contributed by atoms with Crippen LogP contribution in [0.3, 0.4) is 0 Å². The van der Waals surface area contributed by atoms with Crippen molar-refractivity contribution >= 4 is 10.9 Å². The van der Waals surface area contributed by atoms with Gasteiger partial charge in [0.2, 0.25) is 0 Å². The normalized spacial score (nSPS) is 41.3. The molecule has 4 N–H and O–H groups in total. The highest BCUT2D eigenvalue weighted by Gasteiger charge is 2.67. The molecule has 2 aromatic rings. The SMILES string of the molecule is CC(C)CCC[C@@H](C)[C@H]1CC[C@H]2[C@@H]3C[C@@H](NCCc4c[nH]c5ccccc45)[C@@]4(O)C[C@@H](O)CC[C@]4(C)[C@H]3CC[C@]12C. The van der Waals surface area contributed by atoms with E-state index < -0.39 is 5.60 Å². The summed E-state index contributed by atoms with van der Waals surface area (Å²) in [5.74, 6) is 4.47. The van der Waals surface area contributed by atoms with E-state index in [2.05, 4.69) is 75.4 Å². The third-order valence-electron chi connectivity index (χ3n) is 13.5. The van der Waals surface area contributed by atoms with Crippen molar-refractivity contribution in [2.75, 3.05) is 6.54 Å². The lowest BCUT2D eigenvalue weighted by Crippen LogP contribution is -2.71. The van der Waals surface area contributed by atoms with E-state index >= 15 is 0 Å². The molecular weight excluding hydrogens is 504 g/mol. The molecule has 1 heterocycles. The molecule has 4 fully saturated rings. The zero-order valence-electron chi connectivity index (χ0n) is 26.6. The third-order valence-corrected chi connectivity index (χ3v) is 13.5. The van der Waals surface area contributed by atoms with E-state index in [0.717, 1.165) is 55.9 Å². The number of hydrogen-bond donors (Lipinski definition) is 4. The number of rotatable bonds is 9. The maximum atomic E-state index is 12.6. The zero-order chi connectivity index (χ0) is 29.0. The maximum Gasteiger partial charge on any atom is 0.0880 e. The summed E-state index contributed by atoms with van der Waals surface area (Å²) in [7, 11) is 0. The fraction of sp³-hybridized carbons (Fsp3) is 0.784. The highest BCUT2D eigenvalue weighted by Crippen LogP contribution is 2.69. The summed E-state index contributed by atoms with van der Waals surface area (Å²) in [6, 6.07) is 8.59. The Morgan fingerprint density at radius 1 is 1.00 bits per heavy atom. The third kappa shape index (κ3) is 5.02. The number of para-hydroxylation sites is 1. The van der Waals surface area contributed by atoms with Crippen molar-refractivity contribution in [2.45, 2.75) is 129 Å². The van der Waals surface area contributed by atoms with Gasteiger partial charge in [-0.25, -0.2) is 0 Å². The molecule has 4 nitrogen and oxygen atoms in total. The van der Waals surface area contributed by atoms with Gasteiger partial charge in [-0.15, -0.1) is 0 Å². The van der Waals surface area contributed by atoms with E-state index in [-0.39, 0.29) is 17.6 Å². The molecule has 0 saturated heterocycles. The second kappa shape index (κ2) is 11.3. The minimum Gasteiger partial charge on any atom is -0.393 e. The van der Waals surface area contributed by atoms with Crippen LogP contribution in [-0.2, 0) is 6.42 Å². The Kier molecular flexibility index (Phi) is 8.18. The molecule has 0 unspecified atom stereocenters. The molecule has 41 heavy (non-hydrogen) atoms. The molecule has 10 atom stereocenters. The predicted octanol–water partition coefficient (Wildman–Crippen LogP) is 7.88. The van der Waals surface area contributed by atoms with Gasteiger partial charge in [-0.05, 0) is 110 Å². The zero-order valence-corrected chi connectivity index (χ0v) is 26.6. The monoisotopic (exact) mass is 562 g/mol. The average molecular weight is 563 g/mol. The summed E-state index contributed by atoms with van der Waals surface area (Å²) in [5.41, 5.74) is 2.00. The number of aromatic nitrogens is 1. The minimum atomic E-state index is -0.845. The molecule has 4 aliphatic carbocycles. The Labute approximate surface area is 249 Å². The van der Waals surface area contributed by atoms with Crippen LogP contribution in [0.2, 0.25) is 0 Å². The topological polar surface area (TPSA) is 68.3 Å². The number of benzene rings is 1. The number of fused-ring (bicyclic) bond motifs is 6. The summed E-state index contributed by atoms with van der Waals surface area (Å²) in [6.07, 6.45) is 15.5. The Balaban J connectivity index is 1.22. The van der Waals surface area contributed by atoms with E-state index in [4.69, 9.17) is 0 Å². The molecule has 4 aliphatic rings. The van der Waals surface area contributed by atoms with Crippen LogP contribution in [0.15, 0.2) is 30.5 Å². The molecule has 6 rings (SSSR count). The van der Waals surface area contributed by atoms with Gasteiger partial charge < -0.3 is 20.5 Å². The fourth-order valence-electron chi connectivity index (χ4n) is 11.3. The van der Waals surface area contributed by atoms with E-state index in [0.29, 0.717) is 23.7 Å². The van der Waals surface area contributed by atoms with Gasteiger partial charge in [0.25, 0.3) is 0 Å². The van der Waals surface area contributed by atoms with Crippen LogP contribution in [0.4, 0.5) is 0 Å². The lowest BCUT2D eigenvalue weighted by molar-refractivity contribution is -0.234. The quantitative estimate of drug-likeness (QED) is 0.251. The van der Waals surface area contributed by atoms with E-state index in [9.17, 15) is 10.2 Å². The second-order valence-corrected chi connectivity index (χ2v) is 16.0. The molecule has 0 spiro atoms. The van der Waals surface area contributed by atoms with Gasteiger partial charge in [0.05, 0.1) is 11.7 Å². The summed E-state index contributed by atoms with van der Waals surface area (Å²) in [5, 5.41) is 28.7. The Morgan fingerprint density at radius 2 is 1.80 bits per heavy atom. The van der Waals surface area contributed by atoms with Crippen LogP contribution in [0.5, 0.6) is 0 Å².